The van der Waals surface area contributed by atoms with Crippen molar-refractivity contribution in [3.05, 3.63) is 100 Å². The van der Waals surface area contributed by atoms with Crippen molar-refractivity contribution in [2.45, 2.75) is 17.9 Å². The van der Waals surface area contributed by atoms with Crippen molar-refractivity contribution in [1.82, 2.24) is 4.72 Å². The Morgan fingerprint density at radius 3 is 2.04 bits per heavy atom. The molecule has 0 saturated heterocycles. The van der Waals surface area contributed by atoms with Crippen LogP contribution in [0.2, 0.25) is 5.02 Å². The maximum Gasteiger partial charge on any atom is 0.241 e. The summed E-state index contributed by atoms with van der Waals surface area (Å²) in [6.45, 7) is 1.85. The van der Waals surface area contributed by atoms with Gasteiger partial charge in [0.25, 0.3) is 0 Å². The Balaban J connectivity index is 2.05. The summed E-state index contributed by atoms with van der Waals surface area (Å²) in [5.74, 6) is -2.06. The quantitative estimate of drug-likeness (QED) is 0.647. The second-order valence-electron chi connectivity index (χ2n) is 6.09. The van der Waals surface area contributed by atoms with E-state index >= 15 is 0 Å². The monoisotopic (exact) mass is 407 g/mol. The second kappa shape index (κ2) is 7.76. The second-order valence-corrected chi connectivity index (χ2v) is 8.24. The molecular formula is C20H16ClF2NO2S. The van der Waals surface area contributed by atoms with E-state index in [1.807, 2.05) is 6.92 Å². The molecule has 0 fully saturated rings. The molecular weight excluding hydrogens is 392 g/mol. The highest BCUT2D eigenvalue weighted by Gasteiger charge is 2.24. The summed E-state index contributed by atoms with van der Waals surface area (Å²) in [6.07, 6.45) is 0. The van der Waals surface area contributed by atoms with Gasteiger partial charge in [-0.15, -0.1) is 0 Å². The minimum Gasteiger partial charge on any atom is -0.207 e. The van der Waals surface area contributed by atoms with Gasteiger partial charge in [0.1, 0.15) is 0 Å². The Morgan fingerprint density at radius 1 is 0.852 bits per heavy atom. The van der Waals surface area contributed by atoms with E-state index in [0.717, 1.165) is 17.7 Å². The van der Waals surface area contributed by atoms with Gasteiger partial charge >= 0.3 is 0 Å². The Morgan fingerprint density at radius 2 is 1.44 bits per heavy atom. The highest BCUT2D eigenvalue weighted by atomic mass is 35.5. The van der Waals surface area contributed by atoms with Crippen LogP contribution >= 0.6 is 11.6 Å². The van der Waals surface area contributed by atoms with Gasteiger partial charge in [-0.3, -0.25) is 0 Å². The van der Waals surface area contributed by atoms with Gasteiger partial charge in [0, 0.05) is 5.02 Å². The smallest absolute Gasteiger partial charge is 0.207 e. The number of sulfonamides is 1. The zero-order chi connectivity index (χ0) is 19.6. The Labute approximate surface area is 161 Å². The number of halogens is 3. The van der Waals surface area contributed by atoms with Crippen LogP contribution in [0.25, 0.3) is 0 Å². The number of rotatable bonds is 5. The molecule has 0 aliphatic rings. The Kier molecular flexibility index (Phi) is 5.60. The molecule has 0 bridgehead atoms. The summed E-state index contributed by atoms with van der Waals surface area (Å²) in [6, 6.07) is 15.2. The van der Waals surface area contributed by atoms with Crippen LogP contribution in [0.15, 0.2) is 71.6 Å². The maximum atomic E-state index is 13.7. The van der Waals surface area contributed by atoms with E-state index in [1.165, 1.54) is 18.2 Å². The number of aryl methyl sites for hydroxylation is 1. The largest absolute Gasteiger partial charge is 0.241 e. The van der Waals surface area contributed by atoms with Gasteiger partial charge in [-0.2, -0.15) is 4.72 Å². The Hall–Kier alpha value is -2.28. The first-order valence-electron chi connectivity index (χ1n) is 8.06. The van der Waals surface area contributed by atoms with Crippen LogP contribution in [-0.4, -0.2) is 8.42 Å². The number of hydrogen-bond donors (Lipinski definition) is 1. The minimum atomic E-state index is -3.90. The molecule has 0 saturated carbocycles. The predicted octanol–water partition coefficient (Wildman–Crippen LogP) is 4.99. The van der Waals surface area contributed by atoms with Crippen LogP contribution in [-0.2, 0) is 10.0 Å². The van der Waals surface area contributed by atoms with Crippen LogP contribution in [0, 0.1) is 18.6 Å². The summed E-state index contributed by atoms with van der Waals surface area (Å²) in [4.78, 5) is 0.0784. The van der Waals surface area contributed by atoms with Gasteiger partial charge in [-0.05, 0) is 54.4 Å². The molecule has 7 heteroatoms. The van der Waals surface area contributed by atoms with E-state index in [-0.39, 0.29) is 10.5 Å². The van der Waals surface area contributed by atoms with Crippen molar-refractivity contribution in [3.8, 4) is 0 Å². The van der Waals surface area contributed by atoms with Crippen molar-refractivity contribution in [3.63, 3.8) is 0 Å². The molecule has 3 aromatic carbocycles. The normalized spacial score (nSPS) is 12.7. The predicted molar refractivity (Wildman–Crippen MR) is 101 cm³/mol. The molecule has 3 nitrogen and oxygen atoms in total. The zero-order valence-corrected chi connectivity index (χ0v) is 15.9. The molecule has 0 aliphatic carbocycles. The molecule has 3 aromatic rings. The van der Waals surface area contributed by atoms with Crippen molar-refractivity contribution in [1.29, 1.82) is 0 Å². The van der Waals surface area contributed by atoms with Gasteiger partial charge in [-0.1, -0.05) is 47.5 Å². The fraction of sp³-hybridized carbons (Fsp3) is 0.100. The highest BCUT2D eigenvalue weighted by molar-refractivity contribution is 7.89. The topological polar surface area (TPSA) is 46.2 Å². The summed E-state index contributed by atoms with van der Waals surface area (Å²) in [7, 11) is -3.90. The third kappa shape index (κ3) is 4.53. The maximum absolute atomic E-state index is 13.7. The molecule has 140 valence electrons. The molecule has 0 radical (unpaired) electrons. The van der Waals surface area contributed by atoms with Gasteiger partial charge in [0.2, 0.25) is 10.0 Å². The lowest BCUT2D eigenvalue weighted by Crippen LogP contribution is -2.29. The van der Waals surface area contributed by atoms with Crippen molar-refractivity contribution >= 4 is 21.6 Å². The first-order valence-corrected chi connectivity index (χ1v) is 9.92. The average Bonchev–Trinajstić information content (AvgIpc) is 2.63. The SMILES string of the molecule is Cc1ccc(S(=O)(=O)N[C@@H](c2ccc(Cl)cc2)c2ccc(F)c(F)c2)cc1. The molecule has 1 atom stereocenters. The van der Waals surface area contributed by atoms with E-state index in [0.29, 0.717) is 10.6 Å². The Bertz CT molecular complexity index is 1050. The third-order valence-corrected chi connectivity index (χ3v) is 5.78. The number of hydrogen-bond acceptors (Lipinski definition) is 2. The van der Waals surface area contributed by atoms with Crippen LogP contribution < -0.4 is 4.72 Å². The molecule has 0 unspecified atom stereocenters. The van der Waals surface area contributed by atoms with Crippen molar-refractivity contribution < 1.29 is 17.2 Å². The lowest BCUT2D eigenvalue weighted by Gasteiger charge is -2.20. The summed E-state index contributed by atoms with van der Waals surface area (Å²) >= 11 is 5.90. The van der Waals surface area contributed by atoms with E-state index in [2.05, 4.69) is 4.72 Å². The van der Waals surface area contributed by atoms with Crippen LogP contribution in [0.4, 0.5) is 8.78 Å². The van der Waals surface area contributed by atoms with Crippen molar-refractivity contribution in [2.24, 2.45) is 0 Å². The summed E-state index contributed by atoms with van der Waals surface area (Å²) < 4.78 is 55.3. The fourth-order valence-corrected chi connectivity index (χ4v) is 3.96. The van der Waals surface area contributed by atoms with Crippen LogP contribution in [0.1, 0.15) is 22.7 Å². The lowest BCUT2D eigenvalue weighted by atomic mass is 9.99. The van der Waals surface area contributed by atoms with Gasteiger partial charge in [0.05, 0.1) is 10.9 Å². The standard InChI is InChI=1S/C20H16ClF2NO2S/c1-13-2-9-17(10-3-13)27(25,26)24-20(14-4-7-16(21)8-5-14)15-6-11-18(22)19(23)12-15/h2-12,20,24H,1H3/t20-/m0/s1. The van der Waals surface area contributed by atoms with Crippen LogP contribution in [0.5, 0.6) is 0 Å². The van der Waals surface area contributed by atoms with Gasteiger partial charge in [0.15, 0.2) is 11.6 Å². The van der Waals surface area contributed by atoms with E-state index in [4.69, 9.17) is 11.6 Å². The zero-order valence-electron chi connectivity index (χ0n) is 14.3. The first kappa shape index (κ1) is 19.5. The average molecular weight is 408 g/mol. The molecule has 27 heavy (non-hydrogen) atoms. The van der Waals surface area contributed by atoms with E-state index in [1.54, 1.807) is 36.4 Å². The van der Waals surface area contributed by atoms with Crippen molar-refractivity contribution in [2.75, 3.05) is 0 Å². The molecule has 0 aromatic heterocycles. The third-order valence-electron chi connectivity index (χ3n) is 4.08. The lowest BCUT2D eigenvalue weighted by molar-refractivity contribution is 0.505. The van der Waals surface area contributed by atoms with Gasteiger partial charge in [-0.25, -0.2) is 17.2 Å². The van der Waals surface area contributed by atoms with Gasteiger partial charge < -0.3 is 0 Å². The molecule has 3 rings (SSSR count). The van der Waals surface area contributed by atoms with Crippen LogP contribution in [0.3, 0.4) is 0 Å². The minimum absolute atomic E-state index is 0.0784. The molecule has 1 N–H and O–H groups in total. The highest BCUT2D eigenvalue weighted by Crippen LogP contribution is 2.27. The summed E-state index contributed by atoms with van der Waals surface area (Å²) in [5, 5.41) is 0.476. The number of nitrogens with one attached hydrogen (secondary N) is 1. The fourth-order valence-electron chi connectivity index (χ4n) is 2.62. The summed E-state index contributed by atoms with van der Waals surface area (Å²) in [5.41, 5.74) is 1.73. The van der Waals surface area contributed by atoms with E-state index in [9.17, 15) is 17.2 Å². The molecule has 0 spiro atoms. The van der Waals surface area contributed by atoms with E-state index < -0.39 is 27.7 Å². The first-order chi connectivity index (χ1) is 12.8. The number of benzene rings is 3. The molecule has 0 heterocycles. The molecule has 0 aliphatic heterocycles. The molecule has 0 amide bonds.